The quantitative estimate of drug-likeness (QED) is 0.888. The van der Waals surface area contributed by atoms with E-state index in [-0.39, 0.29) is 17.7 Å². The molecular weight excluding hydrogens is 330 g/mol. The van der Waals surface area contributed by atoms with Crippen LogP contribution in [-0.2, 0) is 4.79 Å². The molecule has 0 spiro atoms. The van der Waals surface area contributed by atoms with E-state index in [2.05, 4.69) is 26.2 Å². The van der Waals surface area contributed by atoms with Crippen LogP contribution in [0, 0.1) is 12.8 Å². The molecule has 2 heterocycles. The van der Waals surface area contributed by atoms with Crippen molar-refractivity contribution in [3.63, 3.8) is 0 Å². The highest BCUT2D eigenvalue weighted by atomic mass is 79.9. The van der Waals surface area contributed by atoms with Crippen molar-refractivity contribution in [1.82, 2.24) is 15.2 Å². The smallest absolute Gasteiger partial charge is 0.275 e. The molecule has 1 aromatic rings. The molecule has 1 aliphatic rings. The Labute approximate surface area is 124 Å². The van der Waals surface area contributed by atoms with Crippen molar-refractivity contribution >= 4 is 39.1 Å². The summed E-state index contributed by atoms with van der Waals surface area (Å²) in [5, 5.41) is 3.64. The van der Waals surface area contributed by atoms with Crippen LogP contribution in [0.15, 0.2) is 3.79 Å². The van der Waals surface area contributed by atoms with E-state index >= 15 is 0 Å². The van der Waals surface area contributed by atoms with Gasteiger partial charge in [-0.1, -0.05) is 13.8 Å². The maximum atomic E-state index is 12.6. The first kappa shape index (κ1) is 14.5. The largest absolute Gasteiger partial charge is 0.353 e. The maximum absolute atomic E-state index is 12.6. The maximum Gasteiger partial charge on any atom is 0.275 e. The van der Waals surface area contributed by atoms with Gasteiger partial charge >= 0.3 is 0 Å². The van der Waals surface area contributed by atoms with Crippen molar-refractivity contribution in [2.75, 3.05) is 13.1 Å². The summed E-state index contributed by atoms with van der Waals surface area (Å²) in [6.45, 7) is 6.76. The standard InChI is InChI=1S/C12H16BrN3O2S/c1-6(2)9-11(17)14-4-5-16(9)12(18)8-10(13)19-7(3)15-8/h6,9H,4-5H2,1-3H3,(H,14,17). The molecule has 19 heavy (non-hydrogen) atoms. The minimum absolute atomic E-state index is 0.0720. The van der Waals surface area contributed by atoms with Gasteiger partial charge in [-0.15, -0.1) is 11.3 Å². The Morgan fingerprint density at radius 3 is 2.79 bits per heavy atom. The summed E-state index contributed by atoms with van der Waals surface area (Å²) in [6, 6.07) is -0.421. The molecule has 0 aliphatic carbocycles. The summed E-state index contributed by atoms with van der Waals surface area (Å²) in [7, 11) is 0. The minimum Gasteiger partial charge on any atom is -0.353 e. The fourth-order valence-corrected chi connectivity index (χ4v) is 3.83. The molecule has 104 valence electrons. The normalized spacial score (nSPS) is 19.7. The van der Waals surface area contributed by atoms with E-state index in [1.165, 1.54) is 11.3 Å². The Morgan fingerprint density at radius 1 is 1.58 bits per heavy atom. The molecule has 1 N–H and O–H groups in total. The van der Waals surface area contributed by atoms with Gasteiger partial charge in [0.1, 0.15) is 9.83 Å². The first-order valence-electron chi connectivity index (χ1n) is 6.13. The molecule has 0 bridgehead atoms. The van der Waals surface area contributed by atoms with E-state index in [4.69, 9.17) is 0 Å². The number of nitrogens with zero attached hydrogens (tertiary/aromatic N) is 2. The molecule has 1 unspecified atom stereocenters. The molecule has 0 saturated carbocycles. The van der Waals surface area contributed by atoms with Crippen LogP contribution in [0.1, 0.15) is 29.3 Å². The van der Waals surface area contributed by atoms with Crippen molar-refractivity contribution < 1.29 is 9.59 Å². The van der Waals surface area contributed by atoms with E-state index in [9.17, 15) is 9.59 Å². The summed E-state index contributed by atoms with van der Waals surface area (Å²) < 4.78 is 0.725. The predicted molar refractivity (Wildman–Crippen MR) is 77.2 cm³/mol. The fourth-order valence-electron chi connectivity index (χ4n) is 2.25. The highest BCUT2D eigenvalue weighted by Crippen LogP contribution is 2.27. The van der Waals surface area contributed by atoms with Crippen molar-refractivity contribution in [2.24, 2.45) is 5.92 Å². The second-order valence-corrected chi connectivity index (χ2v) is 7.35. The number of aromatic nitrogens is 1. The average Bonchev–Trinajstić information content (AvgIpc) is 2.66. The number of rotatable bonds is 2. The third-order valence-electron chi connectivity index (χ3n) is 3.04. The molecule has 2 rings (SSSR count). The van der Waals surface area contributed by atoms with Crippen LogP contribution in [0.4, 0.5) is 0 Å². The molecule has 0 aromatic carbocycles. The number of halogens is 1. The first-order valence-corrected chi connectivity index (χ1v) is 7.74. The Kier molecular flexibility index (Phi) is 4.25. The average molecular weight is 346 g/mol. The minimum atomic E-state index is -0.421. The van der Waals surface area contributed by atoms with Crippen LogP contribution in [0.5, 0.6) is 0 Å². The number of hydrogen-bond donors (Lipinski definition) is 1. The van der Waals surface area contributed by atoms with Gasteiger partial charge in [-0.3, -0.25) is 9.59 Å². The van der Waals surface area contributed by atoms with Gasteiger partial charge < -0.3 is 10.2 Å². The Hall–Kier alpha value is -0.950. The highest BCUT2D eigenvalue weighted by Gasteiger charge is 2.36. The van der Waals surface area contributed by atoms with E-state index < -0.39 is 6.04 Å². The summed E-state index contributed by atoms with van der Waals surface area (Å²) in [5.74, 6) is -0.190. The number of aryl methyl sites for hydroxylation is 1. The number of nitrogens with one attached hydrogen (secondary N) is 1. The van der Waals surface area contributed by atoms with Crippen LogP contribution < -0.4 is 5.32 Å². The second kappa shape index (κ2) is 5.58. The monoisotopic (exact) mass is 345 g/mol. The SMILES string of the molecule is Cc1nc(C(=O)N2CCNC(=O)C2C(C)C)c(Br)s1. The van der Waals surface area contributed by atoms with Gasteiger partial charge in [0.05, 0.1) is 5.01 Å². The van der Waals surface area contributed by atoms with Crippen LogP contribution in [0.25, 0.3) is 0 Å². The van der Waals surface area contributed by atoms with Crippen LogP contribution >= 0.6 is 27.3 Å². The highest BCUT2D eigenvalue weighted by molar-refractivity contribution is 9.11. The predicted octanol–water partition coefficient (Wildman–Crippen LogP) is 1.81. The zero-order chi connectivity index (χ0) is 14.2. The number of carbonyl (C=O) groups excluding carboxylic acids is 2. The lowest BCUT2D eigenvalue weighted by Crippen LogP contribution is -2.59. The molecule has 5 nitrogen and oxygen atoms in total. The van der Waals surface area contributed by atoms with Crippen molar-refractivity contribution in [3.05, 3.63) is 14.5 Å². The van der Waals surface area contributed by atoms with E-state index in [1.807, 2.05) is 20.8 Å². The zero-order valence-corrected chi connectivity index (χ0v) is 13.5. The number of amides is 2. The molecule has 1 aromatic heterocycles. The Morgan fingerprint density at radius 2 is 2.26 bits per heavy atom. The van der Waals surface area contributed by atoms with Crippen molar-refractivity contribution in [2.45, 2.75) is 26.8 Å². The van der Waals surface area contributed by atoms with Gasteiger partial charge in [-0.2, -0.15) is 0 Å². The molecule has 0 radical (unpaired) electrons. The van der Waals surface area contributed by atoms with E-state index in [0.717, 1.165) is 8.79 Å². The number of carbonyl (C=O) groups is 2. The molecule has 7 heteroatoms. The van der Waals surface area contributed by atoms with Gasteiger partial charge in [0.15, 0.2) is 5.69 Å². The van der Waals surface area contributed by atoms with Crippen LogP contribution in [-0.4, -0.2) is 40.8 Å². The van der Waals surface area contributed by atoms with Crippen LogP contribution in [0.3, 0.4) is 0 Å². The number of piperazine rings is 1. The third kappa shape index (κ3) is 2.81. The lowest BCUT2D eigenvalue weighted by Gasteiger charge is -2.36. The summed E-state index contributed by atoms with van der Waals surface area (Å²) in [4.78, 5) is 30.4. The lowest BCUT2D eigenvalue weighted by atomic mass is 9.99. The zero-order valence-electron chi connectivity index (χ0n) is 11.1. The van der Waals surface area contributed by atoms with Crippen molar-refractivity contribution in [3.8, 4) is 0 Å². The van der Waals surface area contributed by atoms with E-state index in [1.54, 1.807) is 4.90 Å². The Balaban J connectivity index is 2.30. The van der Waals surface area contributed by atoms with Crippen LogP contribution in [0.2, 0.25) is 0 Å². The van der Waals surface area contributed by atoms with Gasteiger partial charge in [0.2, 0.25) is 5.91 Å². The molecule has 1 fully saturated rings. The second-order valence-electron chi connectivity index (χ2n) is 4.83. The lowest BCUT2D eigenvalue weighted by molar-refractivity contribution is -0.129. The first-order chi connectivity index (χ1) is 8.91. The number of hydrogen-bond acceptors (Lipinski definition) is 4. The van der Waals surface area contributed by atoms with Gasteiger partial charge in [0, 0.05) is 13.1 Å². The molecule has 1 saturated heterocycles. The molecule has 1 aliphatic heterocycles. The summed E-state index contributed by atoms with van der Waals surface area (Å²) in [6.07, 6.45) is 0. The fraction of sp³-hybridized carbons (Fsp3) is 0.583. The molecule has 1 atom stereocenters. The Bertz CT molecular complexity index is 515. The van der Waals surface area contributed by atoms with E-state index in [0.29, 0.717) is 18.8 Å². The number of thiazole rings is 1. The molecular formula is C12H16BrN3O2S. The summed E-state index contributed by atoms with van der Waals surface area (Å²) >= 11 is 4.79. The van der Waals surface area contributed by atoms with Gasteiger partial charge in [0.25, 0.3) is 5.91 Å². The molecule has 2 amide bonds. The topological polar surface area (TPSA) is 62.3 Å². The summed E-state index contributed by atoms with van der Waals surface area (Å²) in [5.41, 5.74) is 0.405. The van der Waals surface area contributed by atoms with Gasteiger partial charge in [-0.25, -0.2) is 4.98 Å². The van der Waals surface area contributed by atoms with Gasteiger partial charge in [-0.05, 0) is 28.8 Å². The third-order valence-corrected chi connectivity index (χ3v) is 4.66. The van der Waals surface area contributed by atoms with Crippen molar-refractivity contribution in [1.29, 1.82) is 0 Å².